The van der Waals surface area contributed by atoms with E-state index in [1.807, 2.05) is 4.68 Å². The first-order chi connectivity index (χ1) is 8.99. The molecule has 0 saturated carbocycles. The molecule has 0 fully saturated rings. The summed E-state index contributed by atoms with van der Waals surface area (Å²) in [6.45, 7) is 11.5. The molecule has 0 atom stereocenters. The second-order valence-electron chi connectivity index (χ2n) is 5.41. The standard InChI is InChI=1S/C16H23N3/c1-11(2)17-10-15-6-8-16(9-7-15)19-14(5)12(3)13(4)18-19/h6-9,11,17H,10H2,1-5H3. The van der Waals surface area contributed by atoms with Gasteiger partial charge in [0.1, 0.15) is 0 Å². The molecule has 1 aromatic carbocycles. The number of hydrogen-bond donors (Lipinski definition) is 1. The van der Waals surface area contributed by atoms with E-state index in [1.54, 1.807) is 0 Å². The van der Waals surface area contributed by atoms with Gasteiger partial charge in [0, 0.05) is 18.3 Å². The lowest BCUT2D eigenvalue weighted by Gasteiger charge is -2.09. The van der Waals surface area contributed by atoms with Crippen molar-refractivity contribution in [2.24, 2.45) is 0 Å². The fraction of sp³-hybridized carbons (Fsp3) is 0.438. The van der Waals surface area contributed by atoms with Crippen molar-refractivity contribution in [1.82, 2.24) is 15.1 Å². The number of hydrogen-bond acceptors (Lipinski definition) is 2. The summed E-state index contributed by atoms with van der Waals surface area (Å²) < 4.78 is 2.02. The highest BCUT2D eigenvalue weighted by atomic mass is 15.3. The van der Waals surface area contributed by atoms with Gasteiger partial charge in [-0.15, -0.1) is 0 Å². The summed E-state index contributed by atoms with van der Waals surface area (Å²) >= 11 is 0. The van der Waals surface area contributed by atoms with Gasteiger partial charge in [0.2, 0.25) is 0 Å². The maximum atomic E-state index is 4.58. The molecule has 2 aromatic rings. The van der Waals surface area contributed by atoms with E-state index in [1.165, 1.54) is 16.8 Å². The highest BCUT2D eigenvalue weighted by Crippen LogP contribution is 2.17. The first-order valence-corrected chi connectivity index (χ1v) is 6.84. The third-order valence-electron chi connectivity index (χ3n) is 3.55. The number of nitrogens with one attached hydrogen (secondary N) is 1. The lowest BCUT2D eigenvalue weighted by atomic mass is 10.2. The third kappa shape index (κ3) is 3.04. The van der Waals surface area contributed by atoms with Gasteiger partial charge in [0.25, 0.3) is 0 Å². The summed E-state index contributed by atoms with van der Waals surface area (Å²) in [7, 11) is 0. The molecular weight excluding hydrogens is 234 g/mol. The Morgan fingerprint density at radius 3 is 2.21 bits per heavy atom. The summed E-state index contributed by atoms with van der Waals surface area (Å²) in [6.07, 6.45) is 0. The largest absolute Gasteiger partial charge is 0.310 e. The van der Waals surface area contributed by atoms with E-state index >= 15 is 0 Å². The van der Waals surface area contributed by atoms with Crippen LogP contribution >= 0.6 is 0 Å². The maximum Gasteiger partial charge on any atom is 0.0649 e. The van der Waals surface area contributed by atoms with Crippen LogP contribution in [-0.4, -0.2) is 15.8 Å². The first-order valence-electron chi connectivity index (χ1n) is 6.84. The van der Waals surface area contributed by atoms with Crippen molar-refractivity contribution in [3.05, 3.63) is 46.8 Å². The monoisotopic (exact) mass is 257 g/mol. The van der Waals surface area contributed by atoms with Gasteiger partial charge in [-0.2, -0.15) is 5.10 Å². The minimum atomic E-state index is 0.512. The number of aromatic nitrogens is 2. The Balaban J connectivity index is 2.20. The molecule has 1 N–H and O–H groups in total. The Hall–Kier alpha value is -1.61. The molecule has 0 amide bonds. The quantitative estimate of drug-likeness (QED) is 0.911. The van der Waals surface area contributed by atoms with Crippen molar-refractivity contribution < 1.29 is 0 Å². The molecule has 0 saturated heterocycles. The van der Waals surface area contributed by atoms with Crippen molar-refractivity contribution in [2.45, 2.75) is 47.2 Å². The molecule has 0 bridgehead atoms. The second kappa shape index (κ2) is 5.57. The first kappa shape index (κ1) is 13.8. The smallest absolute Gasteiger partial charge is 0.0649 e. The van der Waals surface area contributed by atoms with Crippen molar-refractivity contribution in [1.29, 1.82) is 0 Å². The van der Waals surface area contributed by atoms with Gasteiger partial charge in [-0.25, -0.2) is 4.68 Å². The molecule has 2 rings (SSSR count). The van der Waals surface area contributed by atoms with Crippen LogP contribution in [0, 0.1) is 20.8 Å². The zero-order chi connectivity index (χ0) is 14.0. The van der Waals surface area contributed by atoms with Gasteiger partial charge in [-0.3, -0.25) is 0 Å². The van der Waals surface area contributed by atoms with Crippen LogP contribution in [-0.2, 0) is 6.54 Å². The molecule has 0 aliphatic rings. The topological polar surface area (TPSA) is 29.9 Å². The Morgan fingerprint density at radius 2 is 1.74 bits per heavy atom. The molecule has 19 heavy (non-hydrogen) atoms. The molecule has 0 aliphatic heterocycles. The Bertz CT molecular complexity index is 550. The predicted molar refractivity (Wildman–Crippen MR) is 79.8 cm³/mol. The van der Waals surface area contributed by atoms with Crippen molar-refractivity contribution in [2.75, 3.05) is 0 Å². The van der Waals surface area contributed by atoms with Crippen molar-refractivity contribution >= 4 is 0 Å². The molecular formula is C16H23N3. The van der Waals surface area contributed by atoms with Gasteiger partial charge in [0.05, 0.1) is 11.4 Å². The summed E-state index contributed by atoms with van der Waals surface area (Å²) in [5.41, 5.74) is 6.01. The summed E-state index contributed by atoms with van der Waals surface area (Å²) in [5, 5.41) is 8.01. The minimum Gasteiger partial charge on any atom is -0.310 e. The van der Waals surface area contributed by atoms with Crippen LogP contribution in [0.2, 0.25) is 0 Å². The summed E-state index contributed by atoms with van der Waals surface area (Å²) in [6, 6.07) is 9.11. The summed E-state index contributed by atoms with van der Waals surface area (Å²) in [4.78, 5) is 0. The number of benzene rings is 1. The molecule has 0 spiro atoms. The van der Waals surface area contributed by atoms with Crippen LogP contribution in [0.3, 0.4) is 0 Å². The molecule has 0 unspecified atom stereocenters. The summed E-state index contributed by atoms with van der Waals surface area (Å²) in [5.74, 6) is 0. The van der Waals surface area contributed by atoms with Crippen LogP contribution in [0.5, 0.6) is 0 Å². The van der Waals surface area contributed by atoms with E-state index in [0.717, 1.165) is 17.9 Å². The zero-order valence-corrected chi connectivity index (χ0v) is 12.5. The number of aryl methyl sites for hydroxylation is 1. The molecule has 0 aliphatic carbocycles. The molecule has 1 aromatic heterocycles. The maximum absolute atomic E-state index is 4.58. The van der Waals surface area contributed by atoms with Crippen LogP contribution in [0.15, 0.2) is 24.3 Å². The number of rotatable bonds is 4. The van der Waals surface area contributed by atoms with Crippen LogP contribution in [0.1, 0.15) is 36.4 Å². The second-order valence-corrected chi connectivity index (χ2v) is 5.41. The lowest BCUT2D eigenvalue weighted by molar-refractivity contribution is 0.589. The SMILES string of the molecule is Cc1nn(-c2ccc(CNC(C)C)cc2)c(C)c1C. The van der Waals surface area contributed by atoms with Crippen LogP contribution < -0.4 is 5.32 Å². The zero-order valence-electron chi connectivity index (χ0n) is 12.5. The van der Waals surface area contributed by atoms with Gasteiger partial charge in [-0.05, 0) is 44.0 Å². The highest BCUT2D eigenvalue weighted by molar-refractivity contribution is 5.38. The third-order valence-corrected chi connectivity index (χ3v) is 3.55. The number of nitrogens with zero attached hydrogens (tertiary/aromatic N) is 2. The molecule has 0 radical (unpaired) electrons. The van der Waals surface area contributed by atoms with Crippen LogP contribution in [0.25, 0.3) is 5.69 Å². The predicted octanol–water partition coefficient (Wildman–Crippen LogP) is 3.30. The van der Waals surface area contributed by atoms with E-state index in [9.17, 15) is 0 Å². The fourth-order valence-corrected chi connectivity index (χ4v) is 2.05. The van der Waals surface area contributed by atoms with Gasteiger partial charge >= 0.3 is 0 Å². The Morgan fingerprint density at radius 1 is 1.11 bits per heavy atom. The van der Waals surface area contributed by atoms with E-state index in [0.29, 0.717) is 6.04 Å². The van der Waals surface area contributed by atoms with Gasteiger partial charge in [0.15, 0.2) is 0 Å². The van der Waals surface area contributed by atoms with Crippen molar-refractivity contribution in [3.8, 4) is 5.69 Å². The average Bonchev–Trinajstić information content (AvgIpc) is 2.65. The lowest BCUT2D eigenvalue weighted by Crippen LogP contribution is -2.21. The Kier molecular flexibility index (Phi) is 4.05. The molecule has 3 heteroatoms. The van der Waals surface area contributed by atoms with Crippen molar-refractivity contribution in [3.63, 3.8) is 0 Å². The van der Waals surface area contributed by atoms with Gasteiger partial charge < -0.3 is 5.32 Å². The normalized spacial score (nSPS) is 11.3. The highest BCUT2D eigenvalue weighted by Gasteiger charge is 2.08. The van der Waals surface area contributed by atoms with E-state index < -0.39 is 0 Å². The minimum absolute atomic E-state index is 0.512. The van der Waals surface area contributed by atoms with E-state index in [-0.39, 0.29) is 0 Å². The molecule has 3 nitrogen and oxygen atoms in total. The fourth-order valence-electron chi connectivity index (χ4n) is 2.05. The molecule has 1 heterocycles. The van der Waals surface area contributed by atoms with Crippen LogP contribution in [0.4, 0.5) is 0 Å². The van der Waals surface area contributed by atoms with E-state index in [2.05, 4.69) is 69.3 Å². The average molecular weight is 257 g/mol. The molecule has 102 valence electrons. The van der Waals surface area contributed by atoms with E-state index in [4.69, 9.17) is 0 Å². The Labute approximate surface area is 115 Å². The van der Waals surface area contributed by atoms with Gasteiger partial charge in [-0.1, -0.05) is 26.0 Å².